The summed E-state index contributed by atoms with van der Waals surface area (Å²) in [6.45, 7) is 0. The lowest BCUT2D eigenvalue weighted by atomic mass is 10.2. The SMILES string of the molecule is O[Si](O)(CCc1ccccc1)c1ccccc1. The van der Waals surface area contributed by atoms with Gasteiger partial charge in [0.05, 0.1) is 0 Å². The van der Waals surface area contributed by atoms with Crippen LogP contribution in [0.2, 0.25) is 6.04 Å². The van der Waals surface area contributed by atoms with E-state index in [1.165, 1.54) is 0 Å². The fourth-order valence-electron chi connectivity index (χ4n) is 1.81. The van der Waals surface area contributed by atoms with Crippen molar-refractivity contribution in [2.45, 2.75) is 12.5 Å². The van der Waals surface area contributed by atoms with Crippen LogP contribution in [0.1, 0.15) is 5.56 Å². The van der Waals surface area contributed by atoms with Gasteiger partial charge in [-0.25, -0.2) is 0 Å². The maximum atomic E-state index is 10.1. The molecule has 0 bridgehead atoms. The van der Waals surface area contributed by atoms with Gasteiger partial charge in [0.25, 0.3) is 0 Å². The molecule has 0 aromatic heterocycles. The Morgan fingerprint density at radius 2 is 1.29 bits per heavy atom. The zero-order valence-corrected chi connectivity index (χ0v) is 10.6. The molecule has 88 valence electrons. The second-order valence-electron chi connectivity index (χ2n) is 4.17. The number of benzene rings is 2. The van der Waals surface area contributed by atoms with E-state index in [0.29, 0.717) is 17.7 Å². The van der Waals surface area contributed by atoms with Gasteiger partial charge in [-0.15, -0.1) is 0 Å². The van der Waals surface area contributed by atoms with Crippen LogP contribution in [0, 0.1) is 0 Å². The van der Waals surface area contributed by atoms with Crippen molar-refractivity contribution in [1.29, 1.82) is 0 Å². The van der Waals surface area contributed by atoms with Crippen LogP contribution < -0.4 is 5.19 Å². The van der Waals surface area contributed by atoms with Crippen LogP contribution in [0.5, 0.6) is 0 Å². The Morgan fingerprint density at radius 1 is 0.765 bits per heavy atom. The van der Waals surface area contributed by atoms with Crippen molar-refractivity contribution >= 4 is 13.7 Å². The average molecular weight is 244 g/mol. The summed E-state index contributed by atoms with van der Waals surface area (Å²) in [6.07, 6.45) is 0.703. The molecule has 0 saturated heterocycles. The minimum absolute atomic E-state index is 0.432. The number of rotatable bonds is 4. The number of aryl methyl sites for hydroxylation is 1. The molecule has 0 aliphatic rings. The van der Waals surface area contributed by atoms with E-state index >= 15 is 0 Å². The molecule has 17 heavy (non-hydrogen) atoms. The first-order valence-corrected chi connectivity index (χ1v) is 7.83. The van der Waals surface area contributed by atoms with Crippen molar-refractivity contribution < 1.29 is 9.59 Å². The van der Waals surface area contributed by atoms with Crippen molar-refractivity contribution in [1.82, 2.24) is 0 Å². The fourth-order valence-corrected chi connectivity index (χ4v) is 3.46. The molecule has 0 amide bonds. The second-order valence-corrected chi connectivity index (χ2v) is 6.88. The third-order valence-corrected chi connectivity index (χ3v) is 5.05. The van der Waals surface area contributed by atoms with Crippen LogP contribution >= 0.6 is 0 Å². The average Bonchev–Trinajstić information content (AvgIpc) is 2.39. The zero-order chi connectivity index (χ0) is 12.1. The van der Waals surface area contributed by atoms with Crippen LogP contribution in [0.25, 0.3) is 0 Å². The van der Waals surface area contributed by atoms with E-state index in [0.717, 1.165) is 5.56 Å². The summed E-state index contributed by atoms with van der Waals surface area (Å²) < 4.78 is 0. The van der Waals surface area contributed by atoms with E-state index in [1.807, 2.05) is 48.5 Å². The van der Waals surface area contributed by atoms with E-state index in [9.17, 15) is 9.59 Å². The molecule has 0 radical (unpaired) electrons. The van der Waals surface area contributed by atoms with Crippen molar-refractivity contribution in [3.8, 4) is 0 Å². The highest BCUT2D eigenvalue weighted by Crippen LogP contribution is 2.09. The van der Waals surface area contributed by atoms with E-state index in [-0.39, 0.29) is 0 Å². The molecule has 0 atom stereocenters. The molecule has 2 nitrogen and oxygen atoms in total. The molecule has 2 aromatic rings. The van der Waals surface area contributed by atoms with E-state index < -0.39 is 8.56 Å². The van der Waals surface area contributed by atoms with Gasteiger partial charge in [0.1, 0.15) is 0 Å². The van der Waals surface area contributed by atoms with Gasteiger partial charge in [-0.05, 0) is 23.2 Å². The highest BCUT2D eigenvalue weighted by atomic mass is 28.4. The van der Waals surface area contributed by atoms with Gasteiger partial charge >= 0.3 is 8.56 Å². The Morgan fingerprint density at radius 3 is 1.88 bits per heavy atom. The van der Waals surface area contributed by atoms with Crippen LogP contribution in [-0.4, -0.2) is 18.2 Å². The van der Waals surface area contributed by atoms with E-state index in [4.69, 9.17) is 0 Å². The molecule has 0 heterocycles. The molecule has 0 spiro atoms. The van der Waals surface area contributed by atoms with Crippen LogP contribution in [-0.2, 0) is 6.42 Å². The standard InChI is InChI=1S/C14H16O2Si/c15-17(16,14-9-5-2-6-10-14)12-11-13-7-3-1-4-8-13/h1-10,15-16H,11-12H2. The minimum Gasteiger partial charge on any atom is -0.407 e. The van der Waals surface area contributed by atoms with E-state index in [2.05, 4.69) is 0 Å². The Hall–Kier alpha value is -1.42. The molecular formula is C14H16O2Si. The fraction of sp³-hybridized carbons (Fsp3) is 0.143. The van der Waals surface area contributed by atoms with Gasteiger partial charge in [0.2, 0.25) is 0 Å². The lowest BCUT2D eigenvalue weighted by Gasteiger charge is -2.18. The lowest BCUT2D eigenvalue weighted by Crippen LogP contribution is -2.48. The summed E-state index contributed by atoms with van der Waals surface area (Å²) in [4.78, 5) is 20.3. The Labute approximate surface area is 102 Å². The van der Waals surface area contributed by atoms with Gasteiger partial charge in [0.15, 0.2) is 0 Å². The monoisotopic (exact) mass is 244 g/mol. The maximum Gasteiger partial charge on any atom is 0.367 e. The predicted molar refractivity (Wildman–Crippen MR) is 71.2 cm³/mol. The largest absolute Gasteiger partial charge is 0.407 e. The Balaban J connectivity index is 2.03. The molecule has 0 fully saturated rings. The summed E-state index contributed by atoms with van der Waals surface area (Å²) in [5.41, 5.74) is 1.14. The number of hydrogen-bond donors (Lipinski definition) is 2. The van der Waals surface area contributed by atoms with Crippen molar-refractivity contribution in [2.75, 3.05) is 0 Å². The van der Waals surface area contributed by atoms with Gasteiger partial charge in [-0.2, -0.15) is 0 Å². The molecule has 0 saturated carbocycles. The predicted octanol–water partition coefficient (Wildman–Crippen LogP) is 1.56. The molecule has 0 unspecified atom stereocenters. The normalized spacial score (nSPS) is 11.4. The summed E-state index contributed by atoms with van der Waals surface area (Å²) in [5.74, 6) is 0. The summed E-state index contributed by atoms with van der Waals surface area (Å²) in [5, 5.41) is 0.677. The first-order valence-electron chi connectivity index (χ1n) is 5.73. The Bertz CT molecular complexity index is 454. The van der Waals surface area contributed by atoms with Crippen LogP contribution in [0.3, 0.4) is 0 Å². The van der Waals surface area contributed by atoms with Crippen LogP contribution in [0.4, 0.5) is 0 Å². The first kappa shape index (κ1) is 12.0. The topological polar surface area (TPSA) is 40.5 Å². The summed E-state index contributed by atoms with van der Waals surface area (Å²) in [7, 11) is -3.26. The Kier molecular flexibility index (Phi) is 3.74. The molecule has 2 aromatic carbocycles. The lowest BCUT2D eigenvalue weighted by molar-refractivity contribution is 0.379. The molecule has 2 rings (SSSR count). The third-order valence-electron chi connectivity index (χ3n) is 2.84. The summed E-state index contributed by atoms with van der Waals surface area (Å²) in [6, 6.07) is 19.5. The van der Waals surface area contributed by atoms with Gasteiger partial charge in [-0.3, -0.25) is 0 Å². The molecule has 3 heteroatoms. The third kappa shape index (κ3) is 3.26. The minimum atomic E-state index is -3.26. The summed E-state index contributed by atoms with van der Waals surface area (Å²) >= 11 is 0. The van der Waals surface area contributed by atoms with Crippen molar-refractivity contribution in [3.63, 3.8) is 0 Å². The van der Waals surface area contributed by atoms with Crippen molar-refractivity contribution in [2.24, 2.45) is 0 Å². The van der Waals surface area contributed by atoms with Gasteiger partial charge in [0, 0.05) is 0 Å². The molecule has 0 aliphatic heterocycles. The number of hydrogen-bond acceptors (Lipinski definition) is 2. The first-order chi connectivity index (χ1) is 8.18. The molecule has 0 aliphatic carbocycles. The highest BCUT2D eigenvalue weighted by Gasteiger charge is 2.30. The van der Waals surface area contributed by atoms with Gasteiger partial charge in [-0.1, -0.05) is 60.7 Å². The maximum absolute atomic E-state index is 10.1. The zero-order valence-electron chi connectivity index (χ0n) is 9.58. The quantitative estimate of drug-likeness (QED) is 0.801. The highest BCUT2D eigenvalue weighted by molar-refractivity contribution is 6.78. The second kappa shape index (κ2) is 5.27. The smallest absolute Gasteiger partial charge is 0.367 e. The van der Waals surface area contributed by atoms with Crippen LogP contribution in [0.15, 0.2) is 60.7 Å². The molecule has 2 N–H and O–H groups in total. The van der Waals surface area contributed by atoms with E-state index in [1.54, 1.807) is 12.1 Å². The molecular weight excluding hydrogens is 228 g/mol. The van der Waals surface area contributed by atoms with Gasteiger partial charge < -0.3 is 9.59 Å². The van der Waals surface area contributed by atoms with Crippen molar-refractivity contribution in [3.05, 3.63) is 66.2 Å².